The van der Waals surface area contributed by atoms with E-state index >= 15 is 0 Å². The third-order valence-corrected chi connectivity index (χ3v) is 13.7. The maximum Gasteiger partial charge on any atom is 0.0641 e. The van der Waals surface area contributed by atoms with Crippen molar-refractivity contribution >= 4 is 71.6 Å². The zero-order chi connectivity index (χ0) is 43.3. The van der Waals surface area contributed by atoms with Gasteiger partial charge in [-0.3, -0.25) is 0 Å². The molecular weight excluding hydrogens is 801 g/mol. The van der Waals surface area contributed by atoms with Gasteiger partial charge in [-0.2, -0.15) is 0 Å². The number of anilines is 3. The summed E-state index contributed by atoms with van der Waals surface area (Å²) in [6.45, 7) is 0. The molecule has 4 heterocycles. The van der Waals surface area contributed by atoms with E-state index in [1.165, 1.54) is 71.4 Å². The van der Waals surface area contributed by atoms with Crippen LogP contribution in [0.5, 0.6) is 0 Å². The molecule has 4 nitrogen and oxygen atoms in total. The molecular formula is C62H40N4. The second kappa shape index (κ2) is 14.3. The van der Waals surface area contributed by atoms with Crippen LogP contribution in [0, 0.1) is 0 Å². The van der Waals surface area contributed by atoms with Gasteiger partial charge in [0.05, 0.1) is 44.7 Å². The zero-order valence-corrected chi connectivity index (χ0v) is 35.9. The van der Waals surface area contributed by atoms with Crippen molar-refractivity contribution in [2.75, 3.05) is 4.90 Å². The van der Waals surface area contributed by atoms with E-state index in [2.05, 4.69) is 261 Å². The zero-order valence-electron chi connectivity index (χ0n) is 35.9. The lowest BCUT2D eigenvalue weighted by Gasteiger charge is -2.30. The van der Waals surface area contributed by atoms with E-state index in [9.17, 15) is 0 Å². The number of aromatic nitrogens is 3. The molecule has 0 N–H and O–H groups in total. The Balaban J connectivity index is 1.09. The van der Waals surface area contributed by atoms with Gasteiger partial charge in [-0.05, 0) is 96.6 Å². The third-order valence-electron chi connectivity index (χ3n) is 13.7. The standard InChI is InChI=1S/C62H40N4/c1-4-19-42(20-5-1)63-58-37-35-41(39-52(58)53-40-45(36-38-59(53)63)64-54-31-14-10-25-47(54)48-26-11-15-32-55(48)64)46-29-18-30-51-61(46)65(43-21-6-2-7-22-43)56-33-16-12-27-49(56)60-50-28-13-17-34-57(50)66(62(51)60)44-23-8-3-9-24-44/h1-40H. The van der Waals surface area contributed by atoms with E-state index in [4.69, 9.17) is 0 Å². The van der Waals surface area contributed by atoms with E-state index in [1.807, 2.05) is 0 Å². The summed E-state index contributed by atoms with van der Waals surface area (Å²) in [5.41, 5.74) is 19.8. The van der Waals surface area contributed by atoms with Crippen molar-refractivity contribution in [2.45, 2.75) is 0 Å². The molecule has 0 amide bonds. The van der Waals surface area contributed by atoms with E-state index in [0.29, 0.717) is 0 Å². The van der Waals surface area contributed by atoms with Crippen LogP contribution in [0.2, 0.25) is 0 Å². The predicted molar refractivity (Wildman–Crippen MR) is 277 cm³/mol. The molecule has 0 fully saturated rings. The molecule has 1 aliphatic heterocycles. The second-order valence-corrected chi connectivity index (χ2v) is 17.3. The van der Waals surface area contributed by atoms with Crippen LogP contribution in [-0.4, -0.2) is 13.7 Å². The van der Waals surface area contributed by atoms with Crippen LogP contribution in [0.3, 0.4) is 0 Å². The summed E-state index contributed by atoms with van der Waals surface area (Å²) in [5.74, 6) is 0. The summed E-state index contributed by atoms with van der Waals surface area (Å²) in [6, 6.07) is 88.9. The topological polar surface area (TPSA) is 18.0 Å². The first-order chi connectivity index (χ1) is 32.8. The highest BCUT2D eigenvalue weighted by atomic mass is 15.2. The normalized spacial score (nSPS) is 12.2. The molecule has 0 spiro atoms. The fourth-order valence-corrected chi connectivity index (χ4v) is 11.0. The fraction of sp³-hybridized carbons (Fsp3) is 0. The predicted octanol–water partition coefficient (Wildman–Crippen LogP) is 16.6. The van der Waals surface area contributed by atoms with Crippen LogP contribution in [0.25, 0.3) is 105 Å². The Kier molecular flexibility index (Phi) is 7.95. The smallest absolute Gasteiger partial charge is 0.0641 e. The first-order valence-corrected chi connectivity index (χ1v) is 22.7. The molecule has 10 aromatic carbocycles. The SMILES string of the molecule is c1ccc(N2c3ccccc3-c3c(n(-c4ccccc4)c4ccccc34)-c3cccc(-c4ccc5c(c4)c4cc(-n6c7ccccc7c7ccccc76)ccc4n5-c4ccccc4)c32)cc1. The number of para-hydroxylation sites is 8. The Hall–Kier alpha value is -8.86. The van der Waals surface area contributed by atoms with Crippen LogP contribution >= 0.6 is 0 Å². The summed E-state index contributed by atoms with van der Waals surface area (Å²) < 4.78 is 7.33. The van der Waals surface area contributed by atoms with Crippen molar-refractivity contribution < 1.29 is 0 Å². The van der Waals surface area contributed by atoms with Crippen LogP contribution in [-0.2, 0) is 0 Å². The highest BCUT2D eigenvalue weighted by Gasteiger charge is 2.33. The van der Waals surface area contributed by atoms with Gasteiger partial charge in [0.2, 0.25) is 0 Å². The molecule has 4 heteroatoms. The number of rotatable bonds is 5. The minimum atomic E-state index is 1.11. The minimum Gasteiger partial charge on any atom is -0.309 e. The number of benzene rings is 10. The molecule has 0 bridgehead atoms. The van der Waals surface area contributed by atoms with Gasteiger partial charge >= 0.3 is 0 Å². The first-order valence-electron chi connectivity index (χ1n) is 22.7. The van der Waals surface area contributed by atoms with Crippen molar-refractivity contribution in [1.82, 2.24) is 13.7 Å². The van der Waals surface area contributed by atoms with Gasteiger partial charge in [-0.15, -0.1) is 0 Å². The highest BCUT2D eigenvalue weighted by molar-refractivity contribution is 6.17. The van der Waals surface area contributed by atoms with Crippen molar-refractivity contribution in [3.8, 4) is 50.6 Å². The fourth-order valence-electron chi connectivity index (χ4n) is 11.0. The molecule has 308 valence electrons. The average Bonchev–Trinajstić information content (AvgIpc) is 4.00. The number of hydrogen-bond acceptors (Lipinski definition) is 1. The lowest BCUT2D eigenvalue weighted by Crippen LogP contribution is -2.12. The molecule has 14 rings (SSSR count). The summed E-state index contributed by atoms with van der Waals surface area (Å²) in [6.07, 6.45) is 0. The Morgan fingerprint density at radius 1 is 0.258 bits per heavy atom. The van der Waals surface area contributed by atoms with Crippen LogP contribution in [0.15, 0.2) is 243 Å². The van der Waals surface area contributed by atoms with Gasteiger partial charge in [0.15, 0.2) is 0 Å². The van der Waals surface area contributed by atoms with Crippen molar-refractivity contribution in [1.29, 1.82) is 0 Å². The highest BCUT2D eigenvalue weighted by Crippen LogP contribution is 2.57. The Morgan fingerprint density at radius 3 is 1.41 bits per heavy atom. The number of nitrogens with zero attached hydrogens (tertiary/aromatic N) is 4. The van der Waals surface area contributed by atoms with E-state index in [-0.39, 0.29) is 0 Å². The van der Waals surface area contributed by atoms with Gasteiger partial charge in [-0.25, -0.2) is 0 Å². The quantitative estimate of drug-likeness (QED) is 0.169. The molecule has 0 unspecified atom stereocenters. The lowest BCUT2D eigenvalue weighted by atomic mass is 9.94. The number of fused-ring (bicyclic) bond motifs is 13. The molecule has 13 aromatic rings. The number of hydrogen-bond donors (Lipinski definition) is 0. The molecule has 66 heavy (non-hydrogen) atoms. The lowest BCUT2D eigenvalue weighted by molar-refractivity contribution is 1.13. The minimum absolute atomic E-state index is 1.11. The van der Waals surface area contributed by atoms with E-state index in [0.717, 1.165) is 50.8 Å². The first kappa shape index (κ1) is 36.6. The van der Waals surface area contributed by atoms with E-state index < -0.39 is 0 Å². The molecule has 0 atom stereocenters. The largest absolute Gasteiger partial charge is 0.309 e. The third kappa shape index (κ3) is 5.27. The summed E-state index contributed by atoms with van der Waals surface area (Å²) >= 11 is 0. The molecule has 0 saturated heterocycles. The van der Waals surface area contributed by atoms with Crippen LogP contribution in [0.4, 0.5) is 17.1 Å². The van der Waals surface area contributed by atoms with Crippen molar-refractivity contribution in [3.63, 3.8) is 0 Å². The van der Waals surface area contributed by atoms with Gasteiger partial charge in [0.1, 0.15) is 0 Å². The summed E-state index contributed by atoms with van der Waals surface area (Å²) in [5, 5.41) is 6.14. The van der Waals surface area contributed by atoms with E-state index in [1.54, 1.807) is 0 Å². The molecule has 0 saturated carbocycles. The van der Waals surface area contributed by atoms with Crippen LogP contribution in [0.1, 0.15) is 0 Å². The average molecular weight is 841 g/mol. The molecule has 1 aliphatic rings. The maximum atomic E-state index is 2.50. The summed E-state index contributed by atoms with van der Waals surface area (Å²) in [4.78, 5) is 2.50. The van der Waals surface area contributed by atoms with Gasteiger partial charge < -0.3 is 18.6 Å². The Bertz CT molecular complexity index is 3990. The van der Waals surface area contributed by atoms with Gasteiger partial charge in [0, 0.05) is 71.9 Å². The Morgan fingerprint density at radius 2 is 0.727 bits per heavy atom. The van der Waals surface area contributed by atoms with Crippen molar-refractivity contribution in [2.24, 2.45) is 0 Å². The molecule has 0 aliphatic carbocycles. The maximum absolute atomic E-state index is 2.50. The van der Waals surface area contributed by atoms with Gasteiger partial charge in [0.25, 0.3) is 0 Å². The van der Waals surface area contributed by atoms with Gasteiger partial charge in [-0.1, -0.05) is 152 Å². The van der Waals surface area contributed by atoms with Crippen LogP contribution < -0.4 is 4.90 Å². The molecule has 3 aromatic heterocycles. The monoisotopic (exact) mass is 840 g/mol. The summed E-state index contributed by atoms with van der Waals surface area (Å²) in [7, 11) is 0. The Labute approximate surface area is 381 Å². The van der Waals surface area contributed by atoms with Crippen molar-refractivity contribution in [3.05, 3.63) is 243 Å². The second-order valence-electron chi connectivity index (χ2n) is 17.3. The molecule has 0 radical (unpaired) electrons.